The molecule has 0 N–H and O–H groups in total. The molecule has 2 atom stereocenters. The van der Waals surface area contributed by atoms with Crippen LogP contribution in [0.5, 0.6) is 5.75 Å². The number of amides is 1. The maximum absolute atomic E-state index is 13.4. The Labute approximate surface area is 175 Å². The molecule has 2 unspecified atom stereocenters. The molecule has 2 heterocycles. The number of ether oxygens (including phenoxy) is 1. The Bertz CT molecular complexity index is 806. The molecule has 1 aromatic rings. The van der Waals surface area contributed by atoms with E-state index in [2.05, 4.69) is 13.8 Å². The molecule has 3 rings (SSSR count). The first-order chi connectivity index (χ1) is 13.8. The molecule has 2 fully saturated rings. The van der Waals surface area contributed by atoms with Crippen LogP contribution in [-0.2, 0) is 10.0 Å². The number of likely N-dealkylation sites (tertiary alicyclic amines) is 1. The highest BCUT2D eigenvalue weighted by Crippen LogP contribution is 2.32. The van der Waals surface area contributed by atoms with Gasteiger partial charge in [-0.1, -0.05) is 33.1 Å². The molecule has 0 bridgehead atoms. The lowest BCUT2D eigenvalue weighted by molar-refractivity contribution is 0.0742. The summed E-state index contributed by atoms with van der Waals surface area (Å²) in [7, 11) is -2.26. The molecule has 0 aliphatic carbocycles. The molecule has 1 aromatic carbocycles. The first-order valence-electron chi connectivity index (χ1n) is 10.8. The number of rotatable bonds is 4. The van der Waals surface area contributed by atoms with Crippen LogP contribution < -0.4 is 4.74 Å². The van der Waals surface area contributed by atoms with E-state index in [1.54, 1.807) is 16.4 Å². The molecule has 29 heavy (non-hydrogen) atoms. The van der Waals surface area contributed by atoms with Gasteiger partial charge >= 0.3 is 0 Å². The number of benzene rings is 1. The fourth-order valence-electron chi connectivity index (χ4n) is 4.59. The second-order valence-electron chi connectivity index (χ2n) is 8.69. The number of sulfonamides is 1. The van der Waals surface area contributed by atoms with Gasteiger partial charge in [0.05, 0.1) is 7.11 Å². The van der Waals surface area contributed by atoms with Gasteiger partial charge in [0.2, 0.25) is 10.0 Å². The van der Waals surface area contributed by atoms with Gasteiger partial charge in [-0.05, 0) is 49.3 Å². The van der Waals surface area contributed by atoms with E-state index in [9.17, 15) is 13.2 Å². The summed E-state index contributed by atoms with van der Waals surface area (Å²) < 4.78 is 33.8. The van der Waals surface area contributed by atoms with E-state index < -0.39 is 10.0 Å². The number of carbonyl (C=O) groups excluding carboxylic acids is 1. The molecular weight excluding hydrogens is 388 g/mol. The molecule has 7 heteroatoms. The van der Waals surface area contributed by atoms with E-state index in [-0.39, 0.29) is 10.8 Å². The summed E-state index contributed by atoms with van der Waals surface area (Å²) in [5, 5.41) is 0. The lowest BCUT2D eigenvalue weighted by atomic mass is 9.94. The average molecular weight is 423 g/mol. The van der Waals surface area contributed by atoms with Gasteiger partial charge in [0.15, 0.2) is 0 Å². The maximum Gasteiger partial charge on any atom is 0.253 e. The normalized spacial score (nSPS) is 24.6. The molecule has 1 amide bonds. The van der Waals surface area contributed by atoms with Crippen molar-refractivity contribution in [2.24, 2.45) is 11.8 Å². The summed E-state index contributed by atoms with van der Waals surface area (Å²) in [6.45, 7) is 6.62. The van der Waals surface area contributed by atoms with Crippen molar-refractivity contribution < 1.29 is 17.9 Å². The molecule has 0 radical (unpaired) electrons. The molecule has 2 aliphatic heterocycles. The fraction of sp³-hybridized carbons (Fsp3) is 0.682. The van der Waals surface area contributed by atoms with Crippen LogP contribution in [0.15, 0.2) is 23.1 Å². The zero-order valence-corrected chi connectivity index (χ0v) is 18.7. The van der Waals surface area contributed by atoms with Crippen molar-refractivity contribution in [2.45, 2.75) is 57.3 Å². The lowest BCUT2D eigenvalue weighted by Gasteiger charge is -2.34. The molecule has 2 aliphatic rings. The minimum absolute atomic E-state index is 0.0913. The summed E-state index contributed by atoms with van der Waals surface area (Å²) in [6, 6.07) is 4.81. The second kappa shape index (κ2) is 9.47. The number of hydrogen-bond donors (Lipinski definition) is 0. The van der Waals surface area contributed by atoms with E-state index in [1.807, 2.05) is 4.90 Å². The highest BCUT2D eigenvalue weighted by Gasteiger charge is 2.34. The van der Waals surface area contributed by atoms with Gasteiger partial charge in [-0.25, -0.2) is 8.42 Å². The monoisotopic (exact) mass is 422 g/mol. The van der Waals surface area contributed by atoms with Crippen molar-refractivity contribution in [1.82, 2.24) is 9.21 Å². The Balaban J connectivity index is 1.91. The number of nitrogens with zero attached hydrogens (tertiary/aromatic N) is 2. The highest BCUT2D eigenvalue weighted by atomic mass is 32.2. The summed E-state index contributed by atoms with van der Waals surface area (Å²) in [6.07, 6.45) is 6.51. The Morgan fingerprint density at radius 3 is 2.17 bits per heavy atom. The van der Waals surface area contributed by atoms with Crippen LogP contribution in [0.4, 0.5) is 0 Å². The highest BCUT2D eigenvalue weighted by molar-refractivity contribution is 7.89. The second-order valence-corrected chi connectivity index (χ2v) is 10.6. The first-order valence-corrected chi connectivity index (χ1v) is 12.2. The van der Waals surface area contributed by atoms with E-state index in [0.29, 0.717) is 36.2 Å². The zero-order chi connectivity index (χ0) is 21.0. The quantitative estimate of drug-likeness (QED) is 0.741. The fourth-order valence-corrected chi connectivity index (χ4v) is 6.45. The molecule has 0 saturated carbocycles. The van der Waals surface area contributed by atoms with Crippen molar-refractivity contribution in [1.29, 1.82) is 0 Å². The minimum atomic E-state index is -3.73. The summed E-state index contributed by atoms with van der Waals surface area (Å²) >= 11 is 0. The zero-order valence-electron chi connectivity index (χ0n) is 17.9. The first kappa shape index (κ1) is 22.1. The van der Waals surface area contributed by atoms with Gasteiger partial charge in [0.25, 0.3) is 5.91 Å². The summed E-state index contributed by atoms with van der Waals surface area (Å²) in [5.74, 6) is 0.821. The van der Waals surface area contributed by atoms with E-state index in [0.717, 1.165) is 45.2 Å². The third-order valence-corrected chi connectivity index (χ3v) is 7.86. The maximum atomic E-state index is 13.4. The summed E-state index contributed by atoms with van der Waals surface area (Å²) in [4.78, 5) is 15.1. The molecule has 6 nitrogen and oxygen atoms in total. The minimum Gasteiger partial charge on any atom is -0.495 e. The molecule has 2 saturated heterocycles. The van der Waals surface area contributed by atoms with Gasteiger partial charge in [-0.15, -0.1) is 0 Å². The Morgan fingerprint density at radius 2 is 1.59 bits per heavy atom. The van der Waals surface area contributed by atoms with Gasteiger partial charge < -0.3 is 9.64 Å². The van der Waals surface area contributed by atoms with Crippen LogP contribution >= 0.6 is 0 Å². The topological polar surface area (TPSA) is 66.9 Å². The third-order valence-electron chi connectivity index (χ3n) is 6.01. The van der Waals surface area contributed by atoms with Crippen LogP contribution in [0.25, 0.3) is 0 Å². The van der Waals surface area contributed by atoms with Crippen LogP contribution in [0.3, 0.4) is 0 Å². The number of hydrogen-bond acceptors (Lipinski definition) is 4. The van der Waals surface area contributed by atoms with Gasteiger partial charge in [0.1, 0.15) is 10.6 Å². The van der Waals surface area contributed by atoms with Crippen LogP contribution in [0.1, 0.15) is 62.7 Å². The van der Waals surface area contributed by atoms with Crippen LogP contribution in [-0.4, -0.2) is 56.8 Å². The van der Waals surface area contributed by atoms with Crippen molar-refractivity contribution >= 4 is 15.9 Å². The van der Waals surface area contributed by atoms with Crippen LogP contribution in [0.2, 0.25) is 0 Å². The summed E-state index contributed by atoms with van der Waals surface area (Å²) in [5.41, 5.74) is 0.419. The smallest absolute Gasteiger partial charge is 0.253 e. The van der Waals surface area contributed by atoms with Crippen molar-refractivity contribution in [3.05, 3.63) is 23.8 Å². The predicted molar refractivity (Wildman–Crippen MR) is 114 cm³/mol. The Hall–Kier alpha value is -1.60. The van der Waals surface area contributed by atoms with E-state index in [1.165, 1.54) is 19.6 Å². The third kappa shape index (κ3) is 5.12. The van der Waals surface area contributed by atoms with Crippen LogP contribution in [0, 0.1) is 11.8 Å². The van der Waals surface area contributed by atoms with Crippen molar-refractivity contribution in [3.8, 4) is 5.75 Å². The molecular formula is C22H34N2O4S. The Kier molecular flexibility index (Phi) is 7.22. The van der Waals surface area contributed by atoms with Crippen molar-refractivity contribution in [3.63, 3.8) is 0 Å². The molecule has 0 spiro atoms. The standard InChI is InChI=1S/C22H34N2O4S/c1-17-13-18(2)16-24(15-17)29(26,27)21-14-19(9-10-20(21)28-3)22(25)23-11-7-5-4-6-8-12-23/h9-10,14,17-18H,4-8,11-13,15-16H2,1-3H3. The largest absolute Gasteiger partial charge is 0.495 e. The molecule has 0 aromatic heterocycles. The SMILES string of the molecule is COc1ccc(C(=O)N2CCCCCCC2)cc1S(=O)(=O)N1CC(C)CC(C)C1. The Morgan fingerprint density at radius 1 is 1.00 bits per heavy atom. The number of piperidine rings is 1. The predicted octanol–water partition coefficient (Wildman–Crippen LogP) is 3.77. The number of methoxy groups -OCH3 is 1. The number of carbonyl (C=O) groups is 1. The van der Waals surface area contributed by atoms with Gasteiger partial charge in [-0.2, -0.15) is 4.31 Å². The molecule has 162 valence electrons. The van der Waals surface area contributed by atoms with E-state index in [4.69, 9.17) is 4.74 Å². The lowest BCUT2D eigenvalue weighted by Crippen LogP contribution is -2.42. The van der Waals surface area contributed by atoms with Crippen molar-refractivity contribution in [2.75, 3.05) is 33.3 Å². The average Bonchev–Trinajstić information content (AvgIpc) is 2.66. The van der Waals surface area contributed by atoms with Gasteiger partial charge in [-0.3, -0.25) is 4.79 Å². The van der Waals surface area contributed by atoms with E-state index >= 15 is 0 Å². The van der Waals surface area contributed by atoms with Gasteiger partial charge in [0, 0.05) is 31.7 Å².